The quantitative estimate of drug-likeness (QED) is 0.0261. The number of ether oxygens (including phenoxy) is 3. The zero-order valence-corrected chi connectivity index (χ0v) is 50.3. The first kappa shape index (κ1) is 73.5. The molecule has 0 spiro atoms. The van der Waals surface area contributed by atoms with Crippen molar-refractivity contribution in [3.63, 3.8) is 0 Å². The first-order valence-corrected chi connectivity index (χ1v) is 31.3. The molecule has 0 aromatic heterocycles. The molecule has 6 nitrogen and oxygen atoms in total. The van der Waals surface area contributed by atoms with Crippen molar-refractivity contribution in [2.24, 2.45) is 0 Å². The molecule has 0 aromatic carbocycles. The lowest BCUT2D eigenvalue weighted by Gasteiger charge is -2.18. The lowest BCUT2D eigenvalue weighted by Crippen LogP contribution is -2.30. The topological polar surface area (TPSA) is 78.9 Å². The number of esters is 3. The van der Waals surface area contributed by atoms with Crippen molar-refractivity contribution in [2.75, 3.05) is 13.2 Å². The van der Waals surface area contributed by atoms with Gasteiger partial charge in [0.25, 0.3) is 0 Å². The lowest BCUT2D eigenvalue weighted by atomic mass is 10.1. The van der Waals surface area contributed by atoms with E-state index in [1.54, 1.807) is 0 Å². The minimum atomic E-state index is -0.829. The number of carbonyl (C=O) groups excluding carboxylic acids is 3. The van der Waals surface area contributed by atoms with Gasteiger partial charge in [0, 0.05) is 19.3 Å². The number of carbonyl (C=O) groups is 3. The maximum absolute atomic E-state index is 12.9. The standard InChI is InChI=1S/C73H112O6/c1-4-7-10-13-16-19-22-25-28-31-33-35-36-38-39-42-45-48-51-54-57-60-63-66-72(75)78-69-70(68-77-71(74)65-62-59-56-53-50-47-44-41-30-27-24-21-18-15-12-9-6-3)79-73(76)67-64-61-58-55-52-49-46-43-40-37-34-32-29-26-23-20-17-14-11-8-5-2/h7-12,16-21,25-30,33-35,37-39,44-45,47-48,53,56,70H,4-6,13-15,22-24,31-32,36,40-43,46,49-52,54-55,57-69H2,1-3H3/b10-7-,11-8-,12-9-,19-16-,20-17-,21-18-,28-25-,29-26-,30-27-,35-33-,37-34-,39-38-,47-44-,48-45-,56-53-. The predicted octanol–water partition coefficient (Wildman–Crippen LogP) is 21.7. The van der Waals surface area contributed by atoms with Crippen LogP contribution in [0.2, 0.25) is 0 Å². The van der Waals surface area contributed by atoms with Crippen LogP contribution in [0.3, 0.4) is 0 Å². The molecule has 0 fully saturated rings. The molecule has 0 radical (unpaired) electrons. The van der Waals surface area contributed by atoms with Gasteiger partial charge in [-0.1, -0.05) is 254 Å². The Bertz CT molecular complexity index is 1870. The highest BCUT2D eigenvalue weighted by atomic mass is 16.6. The Labute approximate surface area is 484 Å². The van der Waals surface area contributed by atoms with Crippen LogP contribution in [0.25, 0.3) is 0 Å². The average molecular weight is 1090 g/mol. The number of rotatable bonds is 54. The highest BCUT2D eigenvalue weighted by molar-refractivity contribution is 5.71. The van der Waals surface area contributed by atoms with E-state index in [-0.39, 0.29) is 37.5 Å². The molecular weight excluding hydrogens is 973 g/mol. The fraction of sp³-hybridized carbons (Fsp3) is 0.548. The molecule has 0 aliphatic carbocycles. The SMILES string of the molecule is CC/C=C\C/C=C\C/C=C\C/C=C\C/C=C\C/C=C\CCCCCCC(=O)OCC(COC(=O)CCC/C=C\C/C=C\C/C=C\C/C=C\C/C=C\CC)OC(=O)CCCCCCCCCC/C=C\C/C=C\C/C=C\C/C=C\CC. The maximum atomic E-state index is 12.9. The molecule has 0 saturated carbocycles. The molecule has 79 heavy (non-hydrogen) atoms. The third-order valence-corrected chi connectivity index (χ3v) is 12.4. The fourth-order valence-electron chi connectivity index (χ4n) is 7.82. The van der Waals surface area contributed by atoms with Crippen LogP contribution in [0, 0.1) is 0 Å². The molecule has 0 aromatic rings. The monoisotopic (exact) mass is 1080 g/mol. The van der Waals surface area contributed by atoms with Crippen LogP contribution in [0.15, 0.2) is 182 Å². The van der Waals surface area contributed by atoms with Crippen LogP contribution in [-0.4, -0.2) is 37.2 Å². The maximum Gasteiger partial charge on any atom is 0.306 e. The zero-order chi connectivity index (χ0) is 57.1. The first-order valence-electron chi connectivity index (χ1n) is 31.3. The Morgan fingerprint density at radius 2 is 0.468 bits per heavy atom. The summed E-state index contributed by atoms with van der Waals surface area (Å²) >= 11 is 0. The van der Waals surface area contributed by atoms with Crippen LogP contribution in [-0.2, 0) is 28.6 Å². The highest BCUT2D eigenvalue weighted by Gasteiger charge is 2.19. The summed E-state index contributed by atoms with van der Waals surface area (Å²) in [6.45, 7) is 6.21. The van der Waals surface area contributed by atoms with Gasteiger partial charge in [-0.15, -0.1) is 0 Å². The summed E-state index contributed by atoms with van der Waals surface area (Å²) in [5.41, 5.74) is 0. The van der Waals surface area contributed by atoms with Crippen molar-refractivity contribution < 1.29 is 28.6 Å². The Morgan fingerprint density at radius 1 is 0.253 bits per heavy atom. The smallest absolute Gasteiger partial charge is 0.306 e. The van der Waals surface area contributed by atoms with Gasteiger partial charge >= 0.3 is 17.9 Å². The first-order chi connectivity index (χ1) is 39.0. The van der Waals surface area contributed by atoms with E-state index < -0.39 is 6.10 Å². The molecule has 0 bridgehead atoms. The summed E-state index contributed by atoms with van der Waals surface area (Å²) < 4.78 is 16.8. The van der Waals surface area contributed by atoms with Gasteiger partial charge in [0.2, 0.25) is 0 Å². The van der Waals surface area contributed by atoms with Crippen LogP contribution in [0.4, 0.5) is 0 Å². The van der Waals surface area contributed by atoms with E-state index in [2.05, 4.69) is 203 Å². The zero-order valence-electron chi connectivity index (χ0n) is 50.3. The largest absolute Gasteiger partial charge is 0.462 e. The molecule has 6 heteroatoms. The van der Waals surface area contributed by atoms with Gasteiger partial charge in [-0.25, -0.2) is 0 Å². The number of hydrogen-bond acceptors (Lipinski definition) is 6. The molecule has 0 aliphatic rings. The van der Waals surface area contributed by atoms with Crippen LogP contribution < -0.4 is 0 Å². The van der Waals surface area contributed by atoms with E-state index in [1.165, 1.54) is 25.7 Å². The average Bonchev–Trinajstić information content (AvgIpc) is 3.45. The third kappa shape index (κ3) is 63.2. The van der Waals surface area contributed by atoms with Gasteiger partial charge in [-0.2, -0.15) is 0 Å². The summed E-state index contributed by atoms with van der Waals surface area (Å²) in [6.07, 6.45) is 97.5. The number of allylic oxidation sites excluding steroid dienone is 30. The van der Waals surface area contributed by atoms with Crippen LogP contribution in [0.5, 0.6) is 0 Å². The minimum Gasteiger partial charge on any atom is -0.462 e. The summed E-state index contributed by atoms with van der Waals surface area (Å²) in [6, 6.07) is 0. The number of hydrogen-bond donors (Lipinski definition) is 0. The molecular formula is C73H112O6. The summed E-state index contributed by atoms with van der Waals surface area (Å²) in [4.78, 5) is 38.3. The predicted molar refractivity (Wildman–Crippen MR) is 343 cm³/mol. The third-order valence-electron chi connectivity index (χ3n) is 12.4. The second-order valence-corrected chi connectivity index (χ2v) is 19.8. The van der Waals surface area contributed by atoms with Crippen molar-refractivity contribution in [2.45, 2.75) is 245 Å². The highest BCUT2D eigenvalue weighted by Crippen LogP contribution is 2.14. The Hall–Kier alpha value is -5.49. The van der Waals surface area contributed by atoms with E-state index in [0.29, 0.717) is 19.3 Å². The van der Waals surface area contributed by atoms with Gasteiger partial charge in [0.15, 0.2) is 6.10 Å². The Balaban J connectivity index is 4.57. The van der Waals surface area contributed by atoms with Crippen LogP contribution in [0.1, 0.15) is 239 Å². The molecule has 0 N–H and O–H groups in total. The van der Waals surface area contributed by atoms with Crippen molar-refractivity contribution in [3.05, 3.63) is 182 Å². The molecule has 0 aliphatic heterocycles. The minimum absolute atomic E-state index is 0.122. The van der Waals surface area contributed by atoms with E-state index in [1.807, 2.05) is 0 Å². The molecule has 0 saturated heterocycles. The Morgan fingerprint density at radius 3 is 0.759 bits per heavy atom. The van der Waals surface area contributed by atoms with Gasteiger partial charge in [0.05, 0.1) is 0 Å². The summed E-state index contributed by atoms with van der Waals surface area (Å²) in [5, 5.41) is 0. The van der Waals surface area contributed by atoms with E-state index in [0.717, 1.165) is 167 Å². The normalized spacial score (nSPS) is 13.4. The van der Waals surface area contributed by atoms with Crippen molar-refractivity contribution in [3.8, 4) is 0 Å². The van der Waals surface area contributed by atoms with Crippen LogP contribution >= 0.6 is 0 Å². The summed E-state index contributed by atoms with van der Waals surface area (Å²) in [5.74, 6) is -1.02. The van der Waals surface area contributed by atoms with Gasteiger partial charge in [-0.05, 0) is 148 Å². The van der Waals surface area contributed by atoms with E-state index >= 15 is 0 Å². The molecule has 1 unspecified atom stereocenters. The van der Waals surface area contributed by atoms with Gasteiger partial charge in [0.1, 0.15) is 13.2 Å². The lowest BCUT2D eigenvalue weighted by molar-refractivity contribution is -0.167. The van der Waals surface area contributed by atoms with Crippen molar-refractivity contribution in [1.82, 2.24) is 0 Å². The molecule has 0 amide bonds. The molecule has 440 valence electrons. The molecule has 0 heterocycles. The molecule has 1 atom stereocenters. The van der Waals surface area contributed by atoms with Crippen molar-refractivity contribution >= 4 is 17.9 Å². The number of unbranched alkanes of at least 4 members (excludes halogenated alkanes) is 13. The Kier molecular flexibility index (Phi) is 60.5. The fourth-order valence-corrected chi connectivity index (χ4v) is 7.82. The van der Waals surface area contributed by atoms with Crippen molar-refractivity contribution in [1.29, 1.82) is 0 Å². The summed E-state index contributed by atoms with van der Waals surface area (Å²) in [7, 11) is 0. The second-order valence-electron chi connectivity index (χ2n) is 19.8. The van der Waals surface area contributed by atoms with Gasteiger partial charge in [-0.3, -0.25) is 14.4 Å². The van der Waals surface area contributed by atoms with Gasteiger partial charge < -0.3 is 14.2 Å². The van der Waals surface area contributed by atoms with E-state index in [9.17, 15) is 14.4 Å². The van der Waals surface area contributed by atoms with E-state index in [4.69, 9.17) is 14.2 Å². The molecule has 0 rings (SSSR count). The second kappa shape index (κ2) is 65.0.